The van der Waals surface area contributed by atoms with E-state index in [9.17, 15) is 14.4 Å². The van der Waals surface area contributed by atoms with Crippen LogP contribution in [-0.2, 0) is 22.4 Å². The van der Waals surface area contributed by atoms with E-state index in [1.807, 2.05) is 73.3 Å². The molecule has 2 aliphatic rings. The quantitative estimate of drug-likeness (QED) is 0.548. The molecule has 0 saturated carbocycles. The van der Waals surface area contributed by atoms with Crippen LogP contribution in [0.4, 0.5) is 4.79 Å². The predicted octanol–water partition coefficient (Wildman–Crippen LogP) is 3.26. The highest BCUT2D eigenvalue weighted by Gasteiger charge is 2.55. The molecule has 0 spiro atoms. The Morgan fingerprint density at radius 2 is 1.69 bits per heavy atom. The molecular formula is C29H38N4O3. The summed E-state index contributed by atoms with van der Waals surface area (Å²) in [4.78, 5) is 45.1. The molecule has 7 heteroatoms. The normalized spacial score (nSPS) is 20.8. The molecule has 0 aromatic heterocycles. The highest BCUT2D eigenvalue weighted by atomic mass is 16.2. The van der Waals surface area contributed by atoms with Gasteiger partial charge in [-0.2, -0.15) is 0 Å². The summed E-state index contributed by atoms with van der Waals surface area (Å²) in [6.07, 6.45) is 3.05. The first kappa shape index (κ1) is 25.9. The van der Waals surface area contributed by atoms with Crippen LogP contribution in [0, 0.1) is 12.8 Å². The first-order valence-corrected chi connectivity index (χ1v) is 12.9. The summed E-state index contributed by atoms with van der Waals surface area (Å²) in [6, 6.07) is 17.8. The highest BCUT2D eigenvalue weighted by molar-refractivity contribution is 6.07. The van der Waals surface area contributed by atoms with Crippen molar-refractivity contribution in [2.24, 2.45) is 5.92 Å². The van der Waals surface area contributed by atoms with Gasteiger partial charge in [0.15, 0.2) is 0 Å². The van der Waals surface area contributed by atoms with Crippen LogP contribution in [0.15, 0.2) is 54.6 Å². The monoisotopic (exact) mass is 490 g/mol. The Morgan fingerprint density at radius 1 is 1.03 bits per heavy atom. The van der Waals surface area contributed by atoms with Gasteiger partial charge in [0.1, 0.15) is 5.54 Å². The maximum atomic E-state index is 13.8. The Hall–Kier alpha value is -3.19. The van der Waals surface area contributed by atoms with Crippen molar-refractivity contribution in [1.82, 2.24) is 20.0 Å². The molecule has 2 aromatic carbocycles. The third-order valence-corrected chi connectivity index (χ3v) is 7.77. The molecule has 0 bridgehead atoms. The van der Waals surface area contributed by atoms with Gasteiger partial charge in [-0.3, -0.25) is 14.5 Å². The number of rotatable bonds is 9. The van der Waals surface area contributed by atoms with Crippen LogP contribution in [0.1, 0.15) is 36.0 Å². The average Bonchev–Trinajstić information content (AvgIpc) is 3.13. The molecule has 0 aliphatic carbocycles. The summed E-state index contributed by atoms with van der Waals surface area (Å²) in [7, 11) is 3.87. The van der Waals surface area contributed by atoms with E-state index in [0.717, 1.165) is 16.7 Å². The molecule has 192 valence electrons. The van der Waals surface area contributed by atoms with E-state index in [-0.39, 0.29) is 23.8 Å². The standard InChI is InChI=1S/C29H38N4O3/c1-22-9-7-8-12-24(22)21-26(34)32-17-14-25(15-18-32)29(16-13-23-10-5-4-6-11-23)27(35)33(28(36)30-29)20-19-31(2)3/h4-12,25H,13-21H2,1-3H3,(H,30,36)/t29-/m1/s1. The van der Waals surface area contributed by atoms with Crippen molar-refractivity contribution in [2.45, 2.75) is 44.6 Å². The molecular weight excluding hydrogens is 452 g/mol. The van der Waals surface area contributed by atoms with Gasteiger partial charge in [0, 0.05) is 26.2 Å². The zero-order valence-electron chi connectivity index (χ0n) is 21.7. The Labute approximate surface area is 214 Å². The molecule has 36 heavy (non-hydrogen) atoms. The van der Waals surface area contributed by atoms with E-state index < -0.39 is 5.54 Å². The minimum absolute atomic E-state index is 0.00969. The number of hydrogen-bond donors (Lipinski definition) is 1. The number of imide groups is 1. The zero-order chi connectivity index (χ0) is 25.7. The summed E-state index contributed by atoms with van der Waals surface area (Å²) in [6.45, 7) is 4.23. The van der Waals surface area contributed by atoms with Gasteiger partial charge in [0.2, 0.25) is 5.91 Å². The second kappa shape index (κ2) is 11.2. The Kier molecular flexibility index (Phi) is 8.09. The molecule has 0 radical (unpaired) electrons. The van der Waals surface area contributed by atoms with Crippen LogP contribution in [0.5, 0.6) is 0 Å². The number of piperidine rings is 1. The fraction of sp³-hybridized carbons (Fsp3) is 0.483. The number of nitrogens with one attached hydrogen (secondary N) is 1. The third-order valence-electron chi connectivity index (χ3n) is 7.77. The fourth-order valence-corrected chi connectivity index (χ4v) is 5.49. The maximum Gasteiger partial charge on any atom is 0.325 e. The number of urea groups is 1. The van der Waals surface area contributed by atoms with Crippen molar-refractivity contribution >= 4 is 17.8 Å². The van der Waals surface area contributed by atoms with Crippen LogP contribution in [0.2, 0.25) is 0 Å². The van der Waals surface area contributed by atoms with E-state index in [4.69, 9.17) is 0 Å². The summed E-state index contributed by atoms with van der Waals surface area (Å²) in [5, 5.41) is 3.14. The molecule has 1 N–H and O–H groups in total. The number of aryl methyl sites for hydroxylation is 2. The number of amides is 4. The van der Waals surface area contributed by atoms with Crippen molar-refractivity contribution in [3.05, 3.63) is 71.3 Å². The molecule has 2 fully saturated rings. The molecule has 4 rings (SSSR count). The van der Waals surface area contributed by atoms with Crippen LogP contribution < -0.4 is 5.32 Å². The first-order valence-electron chi connectivity index (χ1n) is 12.9. The van der Waals surface area contributed by atoms with Gasteiger partial charge in [0.05, 0.1) is 6.42 Å². The molecule has 4 amide bonds. The maximum absolute atomic E-state index is 13.8. The van der Waals surface area contributed by atoms with Crippen LogP contribution in [-0.4, -0.2) is 78.4 Å². The fourth-order valence-electron chi connectivity index (χ4n) is 5.49. The van der Waals surface area contributed by atoms with Gasteiger partial charge >= 0.3 is 6.03 Å². The largest absolute Gasteiger partial charge is 0.342 e. The molecule has 2 heterocycles. The summed E-state index contributed by atoms with van der Waals surface area (Å²) in [5.41, 5.74) is 2.40. The number of likely N-dealkylation sites (N-methyl/N-ethyl adjacent to an activating group) is 1. The second-order valence-electron chi connectivity index (χ2n) is 10.4. The number of nitrogens with zero attached hydrogens (tertiary/aromatic N) is 3. The lowest BCUT2D eigenvalue weighted by molar-refractivity contribution is -0.136. The molecule has 2 aliphatic heterocycles. The Bertz CT molecular complexity index is 1080. The summed E-state index contributed by atoms with van der Waals surface area (Å²) in [5.74, 6) is -0.00465. The van der Waals surface area contributed by atoms with Crippen molar-refractivity contribution in [1.29, 1.82) is 0 Å². The molecule has 0 unspecified atom stereocenters. The second-order valence-corrected chi connectivity index (χ2v) is 10.4. The summed E-state index contributed by atoms with van der Waals surface area (Å²) >= 11 is 0. The lowest BCUT2D eigenvalue weighted by Crippen LogP contribution is -2.57. The average molecular weight is 491 g/mol. The SMILES string of the molecule is Cc1ccccc1CC(=O)N1CCC([C@@]2(CCc3ccccc3)NC(=O)N(CCN(C)C)C2=O)CC1. The van der Waals surface area contributed by atoms with Crippen molar-refractivity contribution in [3.8, 4) is 0 Å². The van der Waals surface area contributed by atoms with Gasteiger partial charge < -0.3 is 15.1 Å². The van der Waals surface area contributed by atoms with E-state index >= 15 is 0 Å². The van der Waals surface area contributed by atoms with E-state index in [0.29, 0.717) is 58.3 Å². The molecule has 7 nitrogen and oxygen atoms in total. The molecule has 1 atom stereocenters. The van der Waals surface area contributed by atoms with E-state index in [2.05, 4.69) is 17.4 Å². The van der Waals surface area contributed by atoms with Gasteiger partial charge in [-0.25, -0.2) is 4.79 Å². The van der Waals surface area contributed by atoms with Crippen molar-refractivity contribution in [2.75, 3.05) is 40.3 Å². The zero-order valence-corrected chi connectivity index (χ0v) is 21.7. The van der Waals surface area contributed by atoms with Gasteiger partial charge in [-0.15, -0.1) is 0 Å². The lowest BCUT2D eigenvalue weighted by atomic mass is 9.74. The van der Waals surface area contributed by atoms with Gasteiger partial charge in [0.25, 0.3) is 5.91 Å². The predicted molar refractivity (Wildman–Crippen MR) is 140 cm³/mol. The van der Waals surface area contributed by atoms with Crippen molar-refractivity contribution < 1.29 is 14.4 Å². The number of hydrogen-bond acceptors (Lipinski definition) is 4. The topological polar surface area (TPSA) is 73.0 Å². The first-order chi connectivity index (χ1) is 17.3. The van der Waals surface area contributed by atoms with E-state index in [1.165, 1.54) is 4.90 Å². The minimum Gasteiger partial charge on any atom is -0.342 e. The number of carbonyl (C=O) groups is 3. The lowest BCUT2D eigenvalue weighted by Gasteiger charge is -2.41. The highest BCUT2D eigenvalue weighted by Crippen LogP contribution is 2.37. The van der Waals surface area contributed by atoms with Crippen LogP contribution in [0.3, 0.4) is 0 Å². The van der Waals surface area contributed by atoms with Gasteiger partial charge in [-0.05, 0) is 69.3 Å². The van der Waals surface area contributed by atoms with E-state index in [1.54, 1.807) is 0 Å². The number of benzene rings is 2. The minimum atomic E-state index is -0.926. The van der Waals surface area contributed by atoms with Crippen LogP contribution >= 0.6 is 0 Å². The Morgan fingerprint density at radius 3 is 2.36 bits per heavy atom. The molecule has 2 saturated heterocycles. The number of likely N-dealkylation sites (tertiary alicyclic amines) is 1. The van der Waals surface area contributed by atoms with Crippen LogP contribution in [0.25, 0.3) is 0 Å². The van der Waals surface area contributed by atoms with Gasteiger partial charge in [-0.1, -0.05) is 54.6 Å². The number of carbonyl (C=O) groups excluding carboxylic acids is 3. The Balaban J connectivity index is 1.47. The van der Waals surface area contributed by atoms with Crippen molar-refractivity contribution in [3.63, 3.8) is 0 Å². The third kappa shape index (κ3) is 5.62. The summed E-state index contributed by atoms with van der Waals surface area (Å²) < 4.78 is 0. The smallest absolute Gasteiger partial charge is 0.325 e. The molecule has 2 aromatic rings.